The van der Waals surface area contributed by atoms with Crippen LogP contribution in [0.25, 0.3) is 0 Å². The fourth-order valence-corrected chi connectivity index (χ4v) is 7.45. The largest absolute Gasteiger partial charge is 0.492 e. The first-order valence-corrected chi connectivity index (χ1v) is 19.1. The summed E-state index contributed by atoms with van der Waals surface area (Å²) in [5.74, 6) is -2.33. The van der Waals surface area contributed by atoms with Gasteiger partial charge in [0, 0.05) is 50.0 Å². The molecule has 0 bridgehead atoms. The molecule has 3 fully saturated rings. The van der Waals surface area contributed by atoms with Gasteiger partial charge in [-0.2, -0.15) is 0 Å². The van der Waals surface area contributed by atoms with Crippen molar-refractivity contribution in [1.82, 2.24) is 20.9 Å². The molecular weight excluding hydrogens is 724 g/mol. The normalized spacial score (nSPS) is 20.8. The van der Waals surface area contributed by atoms with E-state index < -0.39 is 36.2 Å². The Bertz CT molecular complexity index is 1810. The summed E-state index contributed by atoms with van der Waals surface area (Å²) in [5.41, 5.74) is 1.35. The van der Waals surface area contributed by atoms with Crippen LogP contribution in [0.15, 0.2) is 72.8 Å². The lowest BCUT2D eigenvalue weighted by Crippen LogP contribution is -2.37. The molecule has 0 saturated carbocycles. The van der Waals surface area contributed by atoms with Gasteiger partial charge in [-0.3, -0.25) is 4.79 Å². The molecule has 3 saturated heterocycles. The van der Waals surface area contributed by atoms with E-state index in [1.165, 1.54) is 0 Å². The summed E-state index contributed by atoms with van der Waals surface area (Å²) in [7, 11) is 0. The summed E-state index contributed by atoms with van der Waals surface area (Å²) in [6.45, 7) is 4.25. The molecule has 15 heteroatoms. The summed E-state index contributed by atoms with van der Waals surface area (Å²) in [6.07, 6.45) is -0.995. The number of rotatable bonds is 20. The quantitative estimate of drug-likeness (QED) is 0.0978. The first kappa shape index (κ1) is 40.3. The van der Waals surface area contributed by atoms with Gasteiger partial charge in [-0.1, -0.05) is 30.3 Å². The van der Waals surface area contributed by atoms with Crippen LogP contribution >= 0.6 is 0 Å². The maximum atomic E-state index is 14.0. The standard InChI is InChI=1S/C41H50N4O11/c46-35(20-26-4-1-7-32(18-26)54-36(39(47)48)28-10-13-42-22-28)45(25-27-5-2-8-33(19-27)55-37(40(49)50)29-11-14-43-23-29)16-17-53-31-6-3-9-34(21-31)56-38(41(51)52)30-12-15-44-24-30/h1-9,18-19,21,28-30,36-38,42-44H,10-17,20,22-25H2,(H,47,48)(H,49,50)(H,51,52). The summed E-state index contributed by atoms with van der Waals surface area (Å²) >= 11 is 0. The van der Waals surface area contributed by atoms with Crippen molar-refractivity contribution in [2.45, 2.75) is 50.5 Å². The minimum Gasteiger partial charge on any atom is -0.492 e. The van der Waals surface area contributed by atoms with E-state index in [-0.39, 0.29) is 49.8 Å². The number of carboxylic acid groups (broad SMARTS) is 3. The monoisotopic (exact) mass is 774 g/mol. The zero-order valence-electron chi connectivity index (χ0n) is 31.1. The van der Waals surface area contributed by atoms with Crippen molar-refractivity contribution in [2.75, 3.05) is 52.4 Å². The molecule has 3 heterocycles. The van der Waals surface area contributed by atoms with Crippen molar-refractivity contribution in [1.29, 1.82) is 0 Å². The maximum Gasteiger partial charge on any atom is 0.345 e. The predicted octanol–water partition coefficient (Wildman–Crippen LogP) is 2.66. The van der Waals surface area contributed by atoms with Crippen LogP contribution in [-0.4, -0.2) is 115 Å². The summed E-state index contributed by atoms with van der Waals surface area (Å²) in [5, 5.41) is 39.1. The number of aliphatic carboxylic acids is 3. The Labute approximate surface area is 325 Å². The number of carboxylic acids is 3. The summed E-state index contributed by atoms with van der Waals surface area (Å²) < 4.78 is 23.9. The average molecular weight is 775 g/mol. The Kier molecular flexibility index (Phi) is 14.0. The number of carbonyl (C=O) groups is 4. The Hall–Kier alpha value is -5.38. The van der Waals surface area contributed by atoms with E-state index in [0.29, 0.717) is 73.0 Å². The summed E-state index contributed by atoms with van der Waals surface area (Å²) in [4.78, 5) is 51.8. The third-order valence-electron chi connectivity index (χ3n) is 10.4. The molecule has 3 aliphatic rings. The van der Waals surface area contributed by atoms with Gasteiger partial charge < -0.3 is 55.1 Å². The molecule has 0 radical (unpaired) electrons. The molecule has 1 amide bonds. The number of nitrogens with one attached hydrogen (secondary N) is 3. The first-order valence-electron chi connectivity index (χ1n) is 19.1. The van der Waals surface area contributed by atoms with Crippen molar-refractivity contribution in [3.8, 4) is 23.0 Å². The third kappa shape index (κ3) is 11.1. The highest BCUT2D eigenvalue weighted by Crippen LogP contribution is 2.26. The number of hydrogen-bond donors (Lipinski definition) is 6. The minimum atomic E-state index is -1.04. The molecule has 15 nitrogen and oxygen atoms in total. The number of benzene rings is 3. The smallest absolute Gasteiger partial charge is 0.345 e. The van der Waals surface area contributed by atoms with Crippen LogP contribution in [0.1, 0.15) is 30.4 Å². The Morgan fingerprint density at radius 3 is 1.50 bits per heavy atom. The van der Waals surface area contributed by atoms with Gasteiger partial charge in [0.2, 0.25) is 5.91 Å². The van der Waals surface area contributed by atoms with Gasteiger partial charge in [0.05, 0.1) is 13.0 Å². The number of amides is 1. The van der Waals surface area contributed by atoms with Crippen LogP contribution < -0.4 is 34.9 Å². The number of nitrogens with zero attached hydrogens (tertiary/aromatic N) is 1. The molecule has 6 unspecified atom stereocenters. The topological polar surface area (TPSA) is 205 Å². The molecule has 6 N–H and O–H groups in total. The molecule has 300 valence electrons. The average Bonchev–Trinajstić information content (AvgIpc) is 4.00. The van der Waals surface area contributed by atoms with E-state index in [1.54, 1.807) is 71.6 Å². The van der Waals surface area contributed by atoms with E-state index in [0.717, 1.165) is 19.6 Å². The maximum absolute atomic E-state index is 14.0. The second-order valence-electron chi connectivity index (χ2n) is 14.5. The lowest BCUT2D eigenvalue weighted by atomic mass is 10.0. The van der Waals surface area contributed by atoms with Crippen molar-refractivity contribution >= 4 is 23.8 Å². The van der Waals surface area contributed by atoms with Crippen LogP contribution in [0.4, 0.5) is 0 Å². The van der Waals surface area contributed by atoms with Gasteiger partial charge in [-0.05, 0) is 86.4 Å². The molecule has 3 aromatic rings. The highest BCUT2D eigenvalue weighted by atomic mass is 16.5. The molecule has 56 heavy (non-hydrogen) atoms. The molecular formula is C41H50N4O11. The van der Waals surface area contributed by atoms with Crippen molar-refractivity contribution in [3.05, 3.63) is 83.9 Å². The molecule has 0 aromatic heterocycles. The number of hydrogen-bond acceptors (Lipinski definition) is 11. The second kappa shape index (κ2) is 19.5. The van der Waals surface area contributed by atoms with Crippen LogP contribution in [0.3, 0.4) is 0 Å². The lowest BCUT2D eigenvalue weighted by Gasteiger charge is -2.25. The van der Waals surface area contributed by atoms with Crippen molar-refractivity contribution in [3.63, 3.8) is 0 Å². The summed E-state index contributed by atoms with van der Waals surface area (Å²) in [6, 6.07) is 20.6. The Balaban J connectivity index is 1.15. The van der Waals surface area contributed by atoms with Gasteiger partial charge in [-0.15, -0.1) is 0 Å². The van der Waals surface area contributed by atoms with Gasteiger partial charge in [0.1, 0.15) is 29.6 Å². The Morgan fingerprint density at radius 2 is 1.04 bits per heavy atom. The lowest BCUT2D eigenvalue weighted by molar-refractivity contribution is -0.148. The molecule has 6 atom stereocenters. The van der Waals surface area contributed by atoms with Crippen molar-refractivity contribution < 1.29 is 53.4 Å². The van der Waals surface area contributed by atoms with Crippen molar-refractivity contribution in [2.24, 2.45) is 17.8 Å². The molecule has 3 aliphatic heterocycles. The molecule has 6 rings (SSSR count). The zero-order chi connectivity index (χ0) is 39.4. The van der Waals surface area contributed by atoms with Gasteiger partial charge in [0.25, 0.3) is 0 Å². The van der Waals surface area contributed by atoms with E-state index in [1.807, 2.05) is 6.07 Å². The second-order valence-corrected chi connectivity index (χ2v) is 14.5. The van der Waals surface area contributed by atoms with Crippen LogP contribution in [-0.2, 0) is 32.1 Å². The van der Waals surface area contributed by atoms with Crippen LogP contribution in [0.2, 0.25) is 0 Å². The fraction of sp³-hybridized carbons (Fsp3) is 0.463. The van der Waals surface area contributed by atoms with E-state index in [4.69, 9.17) is 18.9 Å². The number of carbonyl (C=O) groups excluding carboxylic acids is 1. The van der Waals surface area contributed by atoms with E-state index in [2.05, 4.69) is 16.0 Å². The van der Waals surface area contributed by atoms with E-state index >= 15 is 0 Å². The van der Waals surface area contributed by atoms with Crippen LogP contribution in [0, 0.1) is 17.8 Å². The number of ether oxygens (including phenoxy) is 4. The first-order chi connectivity index (χ1) is 27.1. The molecule has 0 spiro atoms. The molecule has 0 aliphatic carbocycles. The zero-order valence-corrected chi connectivity index (χ0v) is 31.1. The van der Waals surface area contributed by atoms with E-state index in [9.17, 15) is 34.5 Å². The van der Waals surface area contributed by atoms with Gasteiger partial charge in [-0.25, -0.2) is 14.4 Å². The predicted molar refractivity (Wildman–Crippen MR) is 203 cm³/mol. The fourth-order valence-electron chi connectivity index (χ4n) is 7.45. The molecule has 3 aromatic carbocycles. The Morgan fingerprint density at radius 1 is 0.607 bits per heavy atom. The van der Waals surface area contributed by atoms with Gasteiger partial charge >= 0.3 is 17.9 Å². The third-order valence-corrected chi connectivity index (χ3v) is 10.4. The minimum absolute atomic E-state index is 0.0121. The SMILES string of the molecule is O=C(O)C(Oc1cccc(CC(=O)N(CCOc2cccc(OC(C(=O)O)C3CCNC3)c2)Cc2cccc(OC(C(=O)O)C3CCNC3)c2)c1)C1CCNC1. The highest BCUT2D eigenvalue weighted by Gasteiger charge is 2.34. The highest BCUT2D eigenvalue weighted by molar-refractivity contribution is 5.79. The van der Waals surface area contributed by atoms with Gasteiger partial charge in [0.15, 0.2) is 18.3 Å². The van der Waals surface area contributed by atoms with Crippen LogP contribution in [0.5, 0.6) is 23.0 Å².